The zero-order valence-corrected chi connectivity index (χ0v) is 16.5. The van der Waals surface area contributed by atoms with E-state index >= 15 is 0 Å². The molecule has 0 saturated carbocycles. The third kappa shape index (κ3) is 3.69. The van der Waals surface area contributed by atoms with Gasteiger partial charge in [0.25, 0.3) is 5.91 Å². The first kappa shape index (κ1) is 19.1. The van der Waals surface area contributed by atoms with Crippen molar-refractivity contribution in [1.82, 2.24) is 25.5 Å². The Morgan fingerprint density at radius 3 is 2.82 bits per heavy atom. The van der Waals surface area contributed by atoms with Crippen molar-refractivity contribution in [2.45, 2.75) is 45.2 Å². The van der Waals surface area contributed by atoms with Crippen LogP contribution in [0.5, 0.6) is 0 Å². The van der Waals surface area contributed by atoms with Gasteiger partial charge in [-0.1, -0.05) is 12.1 Å². The van der Waals surface area contributed by atoms with Crippen LogP contribution in [-0.2, 0) is 6.54 Å². The van der Waals surface area contributed by atoms with Crippen LogP contribution >= 0.6 is 0 Å². The summed E-state index contributed by atoms with van der Waals surface area (Å²) < 4.78 is 15.1. The molecular weight excluding hydrogens is 357 g/mol. The quantitative estimate of drug-likeness (QED) is 0.849. The predicted octanol–water partition coefficient (Wildman–Crippen LogP) is 2.46. The Hall–Kier alpha value is -2.25. The normalized spacial score (nSPS) is 25.2. The standard InChI is InChI=1S/C21H28FN5O/c1-3-27-13-19(14(2)25-27)21(28)26-10-4-5-16(12-26)20-18(11-23-24-20)15-6-8-17(22)9-7-15/h6-9,13,16,18,20,23-24H,3-5,10-12H2,1-2H3. The van der Waals surface area contributed by atoms with E-state index in [1.165, 1.54) is 12.1 Å². The van der Waals surface area contributed by atoms with Crippen molar-refractivity contribution in [2.75, 3.05) is 19.6 Å². The highest BCUT2D eigenvalue weighted by Crippen LogP contribution is 2.32. The fourth-order valence-electron chi connectivity index (χ4n) is 4.54. The number of hydrogen-bond acceptors (Lipinski definition) is 4. The van der Waals surface area contributed by atoms with Crippen molar-refractivity contribution >= 4 is 5.91 Å². The summed E-state index contributed by atoms with van der Waals surface area (Å²) in [6.45, 7) is 7.00. The van der Waals surface area contributed by atoms with Crippen molar-refractivity contribution in [2.24, 2.45) is 5.92 Å². The molecule has 2 aliphatic rings. The molecule has 3 atom stereocenters. The number of carbonyl (C=O) groups is 1. The maximum Gasteiger partial charge on any atom is 0.257 e. The predicted molar refractivity (Wildman–Crippen MR) is 105 cm³/mol. The first-order chi connectivity index (χ1) is 13.6. The molecule has 150 valence electrons. The number of piperidine rings is 1. The van der Waals surface area contributed by atoms with Gasteiger partial charge in [-0.2, -0.15) is 5.10 Å². The number of likely N-dealkylation sites (tertiary alicyclic amines) is 1. The minimum Gasteiger partial charge on any atom is -0.338 e. The number of hydrazine groups is 1. The number of aryl methyl sites for hydroxylation is 2. The molecule has 2 fully saturated rings. The summed E-state index contributed by atoms with van der Waals surface area (Å²) in [5.74, 6) is 0.484. The molecule has 4 rings (SSSR count). The average molecular weight is 385 g/mol. The minimum absolute atomic E-state index is 0.0752. The van der Waals surface area contributed by atoms with Crippen molar-refractivity contribution in [1.29, 1.82) is 0 Å². The Balaban J connectivity index is 1.49. The second-order valence-corrected chi connectivity index (χ2v) is 7.85. The summed E-state index contributed by atoms with van der Waals surface area (Å²) in [7, 11) is 0. The van der Waals surface area contributed by atoms with Crippen LogP contribution in [0.15, 0.2) is 30.5 Å². The number of nitrogens with zero attached hydrogens (tertiary/aromatic N) is 3. The van der Waals surface area contributed by atoms with Crippen molar-refractivity contribution in [3.05, 3.63) is 53.1 Å². The molecule has 7 heteroatoms. The lowest BCUT2D eigenvalue weighted by Crippen LogP contribution is -2.48. The maximum atomic E-state index is 13.3. The Bertz CT molecular complexity index is 834. The van der Waals surface area contributed by atoms with E-state index in [1.807, 2.05) is 41.8 Å². The van der Waals surface area contributed by atoms with Gasteiger partial charge < -0.3 is 4.90 Å². The van der Waals surface area contributed by atoms with Crippen LogP contribution in [0.25, 0.3) is 0 Å². The molecule has 2 saturated heterocycles. The van der Waals surface area contributed by atoms with E-state index in [1.54, 1.807) is 0 Å². The highest BCUT2D eigenvalue weighted by atomic mass is 19.1. The maximum absolute atomic E-state index is 13.3. The van der Waals surface area contributed by atoms with Crippen molar-refractivity contribution in [3.63, 3.8) is 0 Å². The van der Waals surface area contributed by atoms with Gasteiger partial charge in [0.1, 0.15) is 5.82 Å². The van der Waals surface area contributed by atoms with Crippen LogP contribution in [0.4, 0.5) is 4.39 Å². The summed E-state index contributed by atoms with van der Waals surface area (Å²) >= 11 is 0. The van der Waals surface area contributed by atoms with E-state index in [-0.39, 0.29) is 23.7 Å². The van der Waals surface area contributed by atoms with Crippen LogP contribution < -0.4 is 10.9 Å². The van der Waals surface area contributed by atoms with Gasteiger partial charge in [0.15, 0.2) is 0 Å². The molecule has 6 nitrogen and oxygen atoms in total. The average Bonchev–Trinajstić information content (AvgIpc) is 3.35. The molecule has 28 heavy (non-hydrogen) atoms. The van der Waals surface area contributed by atoms with Gasteiger partial charge in [0, 0.05) is 44.3 Å². The van der Waals surface area contributed by atoms with Crippen LogP contribution in [0, 0.1) is 18.7 Å². The molecule has 3 heterocycles. The molecule has 1 aromatic heterocycles. The molecule has 2 N–H and O–H groups in total. The summed E-state index contributed by atoms with van der Waals surface area (Å²) in [6.07, 6.45) is 3.93. The van der Waals surface area contributed by atoms with E-state index in [9.17, 15) is 9.18 Å². The minimum atomic E-state index is -0.211. The molecule has 0 spiro atoms. The fourth-order valence-corrected chi connectivity index (χ4v) is 4.54. The third-order valence-corrected chi connectivity index (χ3v) is 6.08. The van der Waals surface area contributed by atoms with Crippen LogP contribution in [0.2, 0.25) is 0 Å². The molecule has 3 unspecified atom stereocenters. The molecule has 1 amide bonds. The van der Waals surface area contributed by atoms with E-state index in [0.717, 1.165) is 50.3 Å². The summed E-state index contributed by atoms with van der Waals surface area (Å²) in [5, 5.41) is 4.42. The lowest BCUT2D eigenvalue weighted by molar-refractivity contribution is 0.0643. The van der Waals surface area contributed by atoms with Crippen LogP contribution in [-0.4, -0.2) is 46.3 Å². The fraction of sp³-hybridized carbons (Fsp3) is 0.524. The van der Waals surface area contributed by atoms with Crippen LogP contribution in [0.3, 0.4) is 0 Å². The zero-order valence-electron chi connectivity index (χ0n) is 16.5. The number of carbonyl (C=O) groups excluding carboxylic acids is 1. The smallest absolute Gasteiger partial charge is 0.257 e. The highest BCUT2D eigenvalue weighted by molar-refractivity contribution is 5.95. The van der Waals surface area contributed by atoms with Gasteiger partial charge in [-0.25, -0.2) is 4.39 Å². The van der Waals surface area contributed by atoms with Gasteiger partial charge in [-0.05, 0) is 50.3 Å². The van der Waals surface area contributed by atoms with Crippen molar-refractivity contribution < 1.29 is 9.18 Å². The molecule has 0 radical (unpaired) electrons. The Kier molecular flexibility index (Phi) is 5.46. The number of nitrogens with one attached hydrogen (secondary N) is 2. The second-order valence-electron chi connectivity index (χ2n) is 7.85. The highest BCUT2D eigenvalue weighted by Gasteiger charge is 2.38. The first-order valence-electron chi connectivity index (χ1n) is 10.1. The molecular formula is C21H28FN5O. The Labute approximate surface area is 165 Å². The number of rotatable bonds is 4. The third-order valence-electron chi connectivity index (χ3n) is 6.08. The van der Waals surface area contributed by atoms with E-state index < -0.39 is 0 Å². The van der Waals surface area contributed by atoms with Gasteiger partial charge in [0.05, 0.1) is 11.3 Å². The summed E-state index contributed by atoms with van der Waals surface area (Å²) in [6, 6.07) is 7.01. The van der Waals surface area contributed by atoms with Crippen molar-refractivity contribution in [3.8, 4) is 0 Å². The largest absolute Gasteiger partial charge is 0.338 e. The molecule has 0 bridgehead atoms. The number of benzene rings is 1. The monoisotopic (exact) mass is 385 g/mol. The number of halogens is 1. The number of aromatic nitrogens is 2. The molecule has 0 aliphatic carbocycles. The van der Waals surface area contributed by atoms with E-state index in [2.05, 4.69) is 16.0 Å². The molecule has 2 aliphatic heterocycles. The molecule has 1 aromatic carbocycles. The van der Waals surface area contributed by atoms with Crippen LogP contribution in [0.1, 0.15) is 47.3 Å². The van der Waals surface area contributed by atoms with Gasteiger partial charge in [0.2, 0.25) is 0 Å². The molecule has 2 aromatic rings. The zero-order chi connectivity index (χ0) is 19.7. The first-order valence-corrected chi connectivity index (χ1v) is 10.1. The summed E-state index contributed by atoms with van der Waals surface area (Å²) in [4.78, 5) is 15.1. The van der Waals surface area contributed by atoms with Gasteiger partial charge in [-0.3, -0.25) is 20.3 Å². The van der Waals surface area contributed by atoms with Gasteiger partial charge >= 0.3 is 0 Å². The van der Waals surface area contributed by atoms with Gasteiger partial charge in [-0.15, -0.1) is 0 Å². The SMILES string of the molecule is CCn1cc(C(=O)N2CCCC(C3NNCC3c3ccc(F)cc3)C2)c(C)n1. The lowest BCUT2D eigenvalue weighted by atomic mass is 9.81. The second kappa shape index (κ2) is 8.01. The number of amides is 1. The van der Waals surface area contributed by atoms with E-state index in [4.69, 9.17) is 0 Å². The Morgan fingerprint density at radius 2 is 2.11 bits per heavy atom. The van der Waals surface area contributed by atoms with E-state index in [0.29, 0.717) is 11.5 Å². The summed E-state index contributed by atoms with van der Waals surface area (Å²) in [5.41, 5.74) is 9.31. The number of hydrogen-bond donors (Lipinski definition) is 2. The Morgan fingerprint density at radius 1 is 1.32 bits per heavy atom. The lowest BCUT2D eigenvalue weighted by Gasteiger charge is -2.37. The topological polar surface area (TPSA) is 62.2 Å².